The second kappa shape index (κ2) is 7.62. The van der Waals surface area contributed by atoms with Gasteiger partial charge in [-0.05, 0) is 50.1 Å². The Bertz CT molecular complexity index is 975. The normalized spacial score (nSPS) is 18.9. The first-order valence-electron chi connectivity index (χ1n) is 8.92. The summed E-state index contributed by atoms with van der Waals surface area (Å²) in [6.07, 6.45) is 0. The monoisotopic (exact) mass is 402 g/mol. The molecule has 0 aromatic heterocycles. The number of ether oxygens (including phenoxy) is 1. The van der Waals surface area contributed by atoms with Gasteiger partial charge in [0.2, 0.25) is 0 Å². The average molecular weight is 402 g/mol. The SMILES string of the molecule is Cc1ccc(C)c(C(=O)CN2C(=O)N[C@@](C)(c3ccc(OC(F)F)cc3)C2=O)c1. The van der Waals surface area contributed by atoms with Gasteiger partial charge in [-0.15, -0.1) is 0 Å². The van der Waals surface area contributed by atoms with Crippen molar-refractivity contribution in [3.63, 3.8) is 0 Å². The lowest BCUT2D eigenvalue weighted by Gasteiger charge is -2.22. The van der Waals surface area contributed by atoms with E-state index < -0.39 is 30.6 Å². The number of nitrogens with one attached hydrogen (secondary N) is 1. The van der Waals surface area contributed by atoms with Crippen LogP contribution in [0.15, 0.2) is 42.5 Å². The summed E-state index contributed by atoms with van der Waals surface area (Å²) in [5.74, 6) is -1.01. The zero-order valence-electron chi connectivity index (χ0n) is 16.2. The summed E-state index contributed by atoms with van der Waals surface area (Å²) in [4.78, 5) is 38.9. The van der Waals surface area contributed by atoms with Gasteiger partial charge in [-0.2, -0.15) is 8.78 Å². The molecule has 0 spiro atoms. The van der Waals surface area contributed by atoms with E-state index in [1.54, 1.807) is 13.0 Å². The number of benzene rings is 2. The maximum Gasteiger partial charge on any atom is 0.387 e. The van der Waals surface area contributed by atoms with Crippen LogP contribution in [0.25, 0.3) is 0 Å². The van der Waals surface area contributed by atoms with Gasteiger partial charge < -0.3 is 10.1 Å². The molecule has 8 heteroatoms. The number of hydrogen-bond acceptors (Lipinski definition) is 4. The van der Waals surface area contributed by atoms with E-state index in [2.05, 4.69) is 10.1 Å². The number of imide groups is 1. The van der Waals surface area contributed by atoms with Crippen LogP contribution in [0.3, 0.4) is 0 Å². The Morgan fingerprint density at radius 1 is 1.14 bits per heavy atom. The summed E-state index contributed by atoms with van der Waals surface area (Å²) >= 11 is 0. The number of Topliss-reactive ketones (excluding diaryl/α,β-unsaturated/α-hetero) is 1. The summed E-state index contributed by atoms with van der Waals surface area (Å²) in [5, 5.41) is 2.59. The highest BCUT2D eigenvalue weighted by molar-refractivity contribution is 6.11. The van der Waals surface area contributed by atoms with Crippen molar-refractivity contribution in [2.45, 2.75) is 32.9 Å². The summed E-state index contributed by atoms with van der Waals surface area (Å²) in [6, 6.07) is 10.1. The molecule has 2 aromatic carbocycles. The lowest BCUT2D eigenvalue weighted by molar-refractivity contribution is -0.130. The number of carbonyl (C=O) groups is 3. The van der Waals surface area contributed by atoms with Crippen LogP contribution in [0, 0.1) is 13.8 Å². The molecule has 1 atom stereocenters. The van der Waals surface area contributed by atoms with Crippen molar-refractivity contribution in [2.24, 2.45) is 0 Å². The molecule has 0 radical (unpaired) electrons. The van der Waals surface area contributed by atoms with Crippen LogP contribution in [0.4, 0.5) is 13.6 Å². The molecule has 1 fully saturated rings. The van der Waals surface area contributed by atoms with Crippen LogP contribution >= 0.6 is 0 Å². The molecule has 0 aliphatic carbocycles. The van der Waals surface area contributed by atoms with E-state index >= 15 is 0 Å². The van der Waals surface area contributed by atoms with Gasteiger partial charge in [-0.25, -0.2) is 4.79 Å². The van der Waals surface area contributed by atoms with E-state index in [-0.39, 0.29) is 11.5 Å². The molecule has 0 bridgehead atoms. The van der Waals surface area contributed by atoms with Gasteiger partial charge in [0.1, 0.15) is 11.3 Å². The van der Waals surface area contributed by atoms with Gasteiger partial charge in [0.15, 0.2) is 5.78 Å². The largest absolute Gasteiger partial charge is 0.435 e. The third-order valence-corrected chi connectivity index (χ3v) is 4.93. The second-order valence-electron chi connectivity index (χ2n) is 7.09. The molecule has 0 saturated carbocycles. The van der Waals surface area contributed by atoms with E-state index in [0.717, 1.165) is 16.0 Å². The zero-order chi connectivity index (χ0) is 21.3. The van der Waals surface area contributed by atoms with E-state index in [0.29, 0.717) is 11.1 Å². The second-order valence-corrected chi connectivity index (χ2v) is 7.09. The number of rotatable bonds is 6. The first-order chi connectivity index (χ1) is 13.6. The Morgan fingerprint density at radius 3 is 2.41 bits per heavy atom. The molecule has 1 N–H and O–H groups in total. The number of alkyl halides is 2. The highest BCUT2D eigenvalue weighted by Gasteiger charge is 2.49. The minimum absolute atomic E-state index is 0.0638. The van der Waals surface area contributed by atoms with Crippen LogP contribution in [0.1, 0.15) is 34.0 Å². The molecule has 152 valence electrons. The molecule has 1 aliphatic heterocycles. The fourth-order valence-electron chi connectivity index (χ4n) is 3.27. The Morgan fingerprint density at radius 2 is 1.79 bits per heavy atom. The van der Waals surface area contributed by atoms with E-state index in [1.165, 1.54) is 31.2 Å². The molecule has 29 heavy (non-hydrogen) atoms. The third-order valence-electron chi connectivity index (χ3n) is 4.93. The topological polar surface area (TPSA) is 75.7 Å². The number of nitrogens with zero attached hydrogens (tertiary/aromatic N) is 1. The van der Waals surface area contributed by atoms with Gasteiger partial charge in [0.25, 0.3) is 5.91 Å². The average Bonchev–Trinajstić information content (AvgIpc) is 2.87. The zero-order valence-corrected chi connectivity index (χ0v) is 16.2. The van der Waals surface area contributed by atoms with Crippen molar-refractivity contribution in [2.75, 3.05) is 6.54 Å². The van der Waals surface area contributed by atoms with Crippen molar-refractivity contribution >= 4 is 17.7 Å². The number of aryl methyl sites for hydroxylation is 2. The fraction of sp³-hybridized carbons (Fsp3) is 0.286. The van der Waals surface area contributed by atoms with Gasteiger partial charge in [-0.3, -0.25) is 14.5 Å². The van der Waals surface area contributed by atoms with E-state index in [1.807, 2.05) is 19.1 Å². The minimum atomic E-state index is -2.96. The molecule has 1 saturated heterocycles. The Hall–Kier alpha value is -3.29. The number of halogens is 2. The Labute approximate surface area is 166 Å². The van der Waals surface area contributed by atoms with Crippen molar-refractivity contribution in [3.05, 3.63) is 64.7 Å². The van der Waals surface area contributed by atoms with Crippen molar-refractivity contribution in [1.82, 2.24) is 10.2 Å². The van der Waals surface area contributed by atoms with Crippen molar-refractivity contribution in [3.8, 4) is 5.75 Å². The minimum Gasteiger partial charge on any atom is -0.435 e. The van der Waals surface area contributed by atoms with E-state index in [9.17, 15) is 23.2 Å². The molecule has 1 aliphatic rings. The van der Waals surface area contributed by atoms with E-state index in [4.69, 9.17) is 0 Å². The summed E-state index contributed by atoms with van der Waals surface area (Å²) in [6.45, 7) is 1.78. The molecule has 1 heterocycles. The predicted molar refractivity (Wildman–Crippen MR) is 101 cm³/mol. The standard InChI is InChI=1S/C21H20F2N2O4/c1-12-4-5-13(2)16(10-12)17(26)11-25-18(27)21(3,24-20(25)28)14-6-8-15(9-7-14)29-19(22)23/h4-10,19H,11H2,1-3H3,(H,24,28)/t21-/m0/s1. The van der Waals surface area contributed by atoms with Crippen LogP contribution in [0.2, 0.25) is 0 Å². The first kappa shape index (κ1) is 20.4. The smallest absolute Gasteiger partial charge is 0.387 e. The van der Waals surface area contributed by atoms with Crippen LogP contribution in [-0.2, 0) is 10.3 Å². The maximum absolute atomic E-state index is 13.0. The first-order valence-corrected chi connectivity index (χ1v) is 8.92. The number of ketones is 1. The maximum atomic E-state index is 13.0. The molecular formula is C21H20F2N2O4. The third kappa shape index (κ3) is 3.96. The lowest BCUT2D eigenvalue weighted by atomic mass is 9.92. The molecular weight excluding hydrogens is 382 g/mol. The van der Waals surface area contributed by atoms with Gasteiger partial charge in [-0.1, -0.05) is 29.8 Å². The summed E-state index contributed by atoms with van der Waals surface area (Å²) in [7, 11) is 0. The highest BCUT2D eigenvalue weighted by atomic mass is 19.3. The van der Waals surface area contributed by atoms with Gasteiger partial charge in [0.05, 0.1) is 6.54 Å². The summed E-state index contributed by atoms with van der Waals surface area (Å²) < 4.78 is 28.9. The number of hydrogen-bond donors (Lipinski definition) is 1. The van der Waals surface area contributed by atoms with Crippen LogP contribution in [0.5, 0.6) is 5.75 Å². The summed E-state index contributed by atoms with van der Waals surface area (Å²) in [5.41, 5.74) is 1.08. The Balaban J connectivity index is 1.81. The molecule has 3 amide bonds. The number of urea groups is 1. The highest BCUT2D eigenvalue weighted by Crippen LogP contribution is 2.30. The molecule has 2 aromatic rings. The molecule has 3 rings (SSSR count). The van der Waals surface area contributed by atoms with Crippen LogP contribution < -0.4 is 10.1 Å². The fourth-order valence-corrected chi connectivity index (χ4v) is 3.27. The predicted octanol–water partition coefficient (Wildman–Crippen LogP) is 3.55. The van der Waals surface area contributed by atoms with Crippen molar-refractivity contribution < 1.29 is 27.9 Å². The van der Waals surface area contributed by atoms with Crippen molar-refractivity contribution in [1.29, 1.82) is 0 Å². The molecule has 0 unspecified atom stereocenters. The lowest BCUT2D eigenvalue weighted by Crippen LogP contribution is -2.41. The van der Waals surface area contributed by atoms with Crippen LogP contribution in [-0.4, -0.2) is 35.8 Å². The Kier molecular flexibility index (Phi) is 5.37. The quantitative estimate of drug-likeness (QED) is 0.592. The van der Waals surface area contributed by atoms with Gasteiger partial charge >= 0.3 is 12.6 Å². The number of carbonyl (C=O) groups excluding carboxylic acids is 3. The number of amides is 3. The van der Waals surface area contributed by atoms with Gasteiger partial charge in [0, 0.05) is 5.56 Å². The molecule has 6 nitrogen and oxygen atoms in total.